The van der Waals surface area contributed by atoms with Crippen molar-refractivity contribution in [1.29, 1.82) is 0 Å². The molecule has 1 aromatic rings. The Morgan fingerprint density at radius 3 is 2.33 bits per heavy atom. The van der Waals surface area contributed by atoms with Crippen LogP contribution < -0.4 is 5.73 Å². The highest BCUT2D eigenvalue weighted by Crippen LogP contribution is 2.33. The number of hydrogen-bond donors (Lipinski definition) is 1. The molecule has 102 valence electrons. The minimum atomic E-state index is -4.41. The van der Waals surface area contributed by atoms with E-state index in [0.717, 1.165) is 6.07 Å². The summed E-state index contributed by atoms with van der Waals surface area (Å²) in [6.45, 7) is 5.69. The first-order valence-electron chi connectivity index (χ1n) is 5.79. The first-order chi connectivity index (χ1) is 8.21. The SMILES string of the molecule is CC(C)C(C)OCc1ccc(N)cc1C(F)(F)F. The van der Waals surface area contributed by atoms with Gasteiger partial charge in [0.1, 0.15) is 0 Å². The molecule has 1 unspecified atom stereocenters. The molecule has 0 aliphatic carbocycles. The number of rotatable bonds is 4. The molecule has 2 N–H and O–H groups in total. The van der Waals surface area contributed by atoms with Gasteiger partial charge in [0, 0.05) is 5.69 Å². The summed E-state index contributed by atoms with van der Waals surface area (Å²) in [5.41, 5.74) is 4.88. The highest BCUT2D eigenvalue weighted by atomic mass is 19.4. The van der Waals surface area contributed by atoms with Crippen molar-refractivity contribution in [3.63, 3.8) is 0 Å². The van der Waals surface area contributed by atoms with Gasteiger partial charge in [-0.1, -0.05) is 19.9 Å². The van der Waals surface area contributed by atoms with Gasteiger partial charge in [0.15, 0.2) is 0 Å². The Kier molecular flexibility index (Phi) is 4.62. The van der Waals surface area contributed by atoms with E-state index in [1.807, 2.05) is 20.8 Å². The lowest BCUT2D eigenvalue weighted by atomic mass is 10.1. The monoisotopic (exact) mass is 261 g/mol. The zero-order chi connectivity index (χ0) is 13.9. The topological polar surface area (TPSA) is 35.2 Å². The van der Waals surface area contributed by atoms with E-state index in [1.54, 1.807) is 0 Å². The van der Waals surface area contributed by atoms with Crippen molar-refractivity contribution in [1.82, 2.24) is 0 Å². The average molecular weight is 261 g/mol. The predicted octanol–water partition coefficient (Wildman–Crippen LogP) is 3.85. The number of ether oxygens (including phenoxy) is 1. The quantitative estimate of drug-likeness (QED) is 0.835. The first-order valence-corrected chi connectivity index (χ1v) is 5.79. The number of nitrogens with two attached hydrogens (primary N) is 1. The van der Waals surface area contributed by atoms with Gasteiger partial charge in [0.05, 0.1) is 18.3 Å². The van der Waals surface area contributed by atoms with Crippen molar-refractivity contribution in [3.05, 3.63) is 29.3 Å². The minimum Gasteiger partial charge on any atom is -0.399 e. The van der Waals surface area contributed by atoms with Crippen LogP contribution in [0.3, 0.4) is 0 Å². The molecular weight excluding hydrogens is 243 g/mol. The largest absolute Gasteiger partial charge is 0.416 e. The standard InChI is InChI=1S/C13H18F3NO/c1-8(2)9(3)18-7-10-4-5-11(17)6-12(10)13(14,15)16/h4-6,8-9H,7,17H2,1-3H3. The smallest absolute Gasteiger partial charge is 0.399 e. The van der Waals surface area contributed by atoms with Crippen LogP contribution in [-0.2, 0) is 17.5 Å². The van der Waals surface area contributed by atoms with E-state index in [-0.39, 0.29) is 29.9 Å². The van der Waals surface area contributed by atoms with Crippen LogP contribution in [0.2, 0.25) is 0 Å². The van der Waals surface area contributed by atoms with Gasteiger partial charge in [0.2, 0.25) is 0 Å². The lowest BCUT2D eigenvalue weighted by Crippen LogP contribution is -2.17. The molecule has 0 aromatic heterocycles. The molecule has 0 heterocycles. The molecule has 0 radical (unpaired) electrons. The van der Waals surface area contributed by atoms with E-state index in [1.165, 1.54) is 12.1 Å². The molecule has 0 aliphatic heterocycles. The summed E-state index contributed by atoms with van der Waals surface area (Å²) < 4.78 is 43.8. The molecule has 0 saturated carbocycles. The lowest BCUT2D eigenvalue weighted by Gasteiger charge is -2.19. The third-order valence-electron chi connectivity index (χ3n) is 2.88. The van der Waals surface area contributed by atoms with Crippen molar-refractivity contribution in [2.75, 3.05) is 5.73 Å². The van der Waals surface area contributed by atoms with Crippen LogP contribution >= 0.6 is 0 Å². The van der Waals surface area contributed by atoms with Gasteiger partial charge >= 0.3 is 6.18 Å². The summed E-state index contributed by atoms with van der Waals surface area (Å²) in [7, 11) is 0. The number of halogens is 3. The van der Waals surface area contributed by atoms with Crippen LogP contribution in [0, 0.1) is 5.92 Å². The Morgan fingerprint density at radius 2 is 1.83 bits per heavy atom. The van der Waals surface area contributed by atoms with Gasteiger partial charge in [-0.25, -0.2) is 0 Å². The maximum absolute atomic E-state index is 12.8. The average Bonchev–Trinajstić information content (AvgIpc) is 2.25. The molecule has 0 fully saturated rings. The van der Waals surface area contributed by atoms with E-state index >= 15 is 0 Å². The fraction of sp³-hybridized carbons (Fsp3) is 0.538. The molecule has 18 heavy (non-hydrogen) atoms. The molecule has 2 nitrogen and oxygen atoms in total. The van der Waals surface area contributed by atoms with Crippen LogP contribution in [0.5, 0.6) is 0 Å². The summed E-state index contributed by atoms with van der Waals surface area (Å²) in [4.78, 5) is 0. The van der Waals surface area contributed by atoms with Crippen LogP contribution in [0.4, 0.5) is 18.9 Å². The van der Waals surface area contributed by atoms with Gasteiger partial charge in [-0.3, -0.25) is 0 Å². The van der Waals surface area contributed by atoms with Gasteiger partial charge < -0.3 is 10.5 Å². The maximum atomic E-state index is 12.8. The number of hydrogen-bond acceptors (Lipinski definition) is 2. The Morgan fingerprint density at radius 1 is 1.22 bits per heavy atom. The van der Waals surface area contributed by atoms with Crippen molar-refractivity contribution in [2.45, 2.75) is 39.7 Å². The fourth-order valence-electron chi connectivity index (χ4n) is 1.40. The van der Waals surface area contributed by atoms with Crippen molar-refractivity contribution < 1.29 is 17.9 Å². The third-order valence-corrected chi connectivity index (χ3v) is 2.88. The lowest BCUT2D eigenvalue weighted by molar-refractivity contribution is -0.139. The molecule has 1 aromatic carbocycles. The summed E-state index contributed by atoms with van der Waals surface area (Å²) in [5.74, 6) is 0.258. The molecule has 0 aliphatic rings. The van der Waals surface area contributed by atoms with Crippen LogP contribution in [0.15, 0.2) is 18.2 Å². The summed E-state index contributed by atoms with van der Waals surface area (Å²) in [6.07, 6.45) is -4.50. The maximum Gasteiger partial charge on any atom is 0.416 e. The van der Waals surface area contributed by atoms with E-state index in [4.69, 9.17) is 10.5 Å². The molecule has 0 bridgehead atoms. The van der Waals surface area contributed by atoms with E-state index < -0.39 is 11.7 Å². The van der Waals surface area contributed by atoms with E-state index in [9.17, 15) is 13.2 Å². The zero-order valence-corrected chi connectivity index (χ0v) is 10.7. The summed E-state index contributed by atoms with van der Waals surface area (Å²) >= 11 is 0. The molecule has 0 spiro atoms. The van der Waals surface area contributed by atoms with Gasteiger partial charge in [0.25, 0.3) is 0 Å². The fourth-order valence-corrected chi connectivity index (χ4v) is 1.40. The Labute approximate surface area is 105 Å². The minimum absolute atomic E-state index is 0.0610. The normalized spacial score (nSPS) is 13.9. The molecule has 0 saturated heterocycles. The van der Waals surface area contributed by atoms with Crippen LogP contribution in [-0.4, -0.2) is 6.10 Å². The highest BCUT2D eigenvalue weighted by molar-refractivity contribution is 5.45. The predicted molar refractivity (Wildman–Crippen MR) is 64.9 cm³/mol. The Bertz CT molecular complexity index is 402. The number of benzene rings is 1. The molecule has 5 heteroatoms. The molecular formula is C13H18F3NO. The van der Waals surface area contributed by atoms with Crippen LogP contribution in [0.1, 0.15) is 31.9 Å². The molecule has 1 atom stereocenters. The van der Waals surface area contributed by atoms with E-state index in [0.29, 0.717) is 0 Å². The Hall–Kier alpha value is -1.23. The summed E-state index contributed by atoms with van der Waals surface area (Å²) in [5, 5.41) is 0. The number of anilines is 1. The van der Waals surface area contributed by atoms with Crippen LogP contribution in [0.25, 0.3) is 0 Å². The Balaban J connectivity index is 2.89. The zero-order valence-electron chi connectivity index (χ0n) is 10.7. The second kappa shape index (κ2) is 5.61. The van der Waals surface area contributed by atoms with Crippen molar-refractivity contribution in [3.8, 4) is 0 Å². The third kappa shape index (κ3) is 3.91. The molecule has 0 amide bonds. The van der Waals surface area contributed by atoms with Crippen molar-refractivity contribution >= 4 is 5.69 Å². The van der Waals surface area contributed by atoms with E-state index in [2.05, 4.69) is 0 Å². The summed E-state index contributed by atoms with van der Waals surface area (Å²) in [6, 6.07) is 3.76. The first kappa shape index (κ1) is 14.8. The highest BCUT2D eigenvalue weighted by Gasteiger charge is 2.33. The second-order valence-corrected chi connectivity index (χ2v) is 4.67. The number of alkyl halides is 3. The van der Waals surface area contributed by atoms with Gasteiger partial charge in [-0.15, -0.1) is 0 Å². The second-order valence-electron chi connectivity index (χ2n) is 4.67. The van der Waals surface area contributed by atoms with Gasteiger partial charge in [-0.05, 0) is 30.5 Å². The molecule has 1 rings (SSSR count). The number of nitrogen functional groups attached to an aromatic ring is 1. The van der Waals surface area contributed by atoms with Gasteiger partial charge in [-0.2, -0.15) is 13.2 Å². The van der Waals surface area contributed by atoms with Crippen molar-refractivity contribution in [2.24, 2.45) is 5.92 Å².